The molecule has 0 spiro atoms. The van der Waals surface area contributed by atoms with E-state index in [0.717, 1.165) is 29.4 Å². The van der Waals surface area contributed by atoms with E-state index in [9.17, 15) is 4.79 Å². The summed E-state index contributed by atoms with van der Waals surface area (Å²) < 4.78 is 0. The number of rotatable bonds is 3. The number of hydrogen-bond donors (Lipinski definition) is 3. The Kier molecular flexibility index (Phi) is 2.79. The van der Waals surface area contributed by atoms with E-state index in [4.69, 9.17) is 17.3 Å². The van der Waals surface area contributed by atoms with Crippen LogP contribution < -0.4 is 11.4 Å². The van der Waals surface area contributed by atoms with Crippen LogP contribution >= 0.6 is 11.6 Å². The third kappa shape index (κ3) is 2.06. The van der Waals surface area contributed by atoms with Gasteiger partial charge < -0.3 is 15.7 Å². The van der Waals surface area contributed by atoms with Gasteiger partial charge in [0.05, 0.1) is 11.0 Å². The van der Waals surface area contributed by atoms with Crippen molar-refractivity contribution >= 4 is 22.6 Å². The predicted octanol–water partition coefficient (Wildman–Crippen LogP) is 1.40. The maximum absolute atomic E-state index is 11.1. The molecule has 2 rings (SSSR count). The minimum Gasteiger partial charge on any atom is -0.330 e. The Morgan fingerprint density at radius 1 is 1.27 bits per heavy atom. The van der Waals surface area contributed by atoms with Gasteiger partial charge in [-0.1, -0.05) is 11.6 Å². The fourth-order valence-corrected chi connectivity index (χ4v) is 1.84. The molecule has 0 atom stereocenters. The zero-order valence-corrected chi connectivity index (χ0v) is 8.90. The van der Waals surface area contributed by atoms with Gasteiger partial charge in [-0.3, -0.25) is 0 Å². The monoisotopic (exact) mass is 225 g/mol. The summed E-state index contributed by atoms with van der Waals surface area (Å²) in [5.74, 6) is 0. The van der Waals surface area contributed by atoms with Crippen molar-refractivity contribution in [3.8, 4) is 0 Å². The normalized spacial score (nSPS) is 11.1. The van der Waals surface area contributed by atoms with E-state index in [1.807, 2.05) is 6.07 Å². The van der Waals surface area contributed by atoms with E-state index in [0.29, 0.717) is 11.6 Å². The number of H-pyrrole nitrogens is 2. The highest BCUT2D eigenvalue weighted by molar-refractivity contribution is 6.32. The molecular formula is C10H12ClN3O. The molecule has 0 fully saturated rings. The van der Waals surface area contributed by atoms with Crippen LogP contribution in [0.2, 0.25) is 5.02 Å². The molecule has 15 heavy (non-hydrogen) atoms. The predicted molar refractivity (Wildman–Crippen MR) is 61.3 cm³/mol. The maximum Gasteiger partial charge on any atom is 0.323 e. The van der Waals surface area contributed by atoms with Gasteiger partial charge >= 0.3 is 5.69 Å². The topological polar surface area (TPSA) is 74.7 Å². The van der Waals surface area contributed by atoms with Crippen molar-refractivity contribution in [3.63, 3.8) is 0 Å². The van der Waals surface area contributed by atoms with Gasteiger partial charge in [-0.25, -0.2) is 4.79 Å². The molecular weight excluding hydrogens is 214 g/mol. The van der Waals surface area contributed by atoms with Gasteiger partial charge in [0.1, 0.15) is 0 Å². The lowest BCUT2D eigenvalue weighted by Gasteiger charge is -2.02. The first-order valence-electron chi connectivity index (χ1n) is 4.81. The quantitative estimate of drug-likeness (QED) is 0.739. The summed E-state index contributed by atoms with van der Waals surface area (Å²) in [6, 6.07) is 3.66. The summed E-state index contributed by atoms with van der Waals surface area (Å²) in [5, 5.41) is 0.672. The molecule has 0 saturated carbocycles. The van der Waals surface area contributed by atoms with E-state index in [-0.39, 0.29) is 5.69 Å². The number of nitrogens with two attached hydrogens (primary N) is 1. The third-order valence-corrected chi connectivity index (χ3v) is 2.69. The fourth-order valence-electron chi connectivity index (χ4n) is 1.58. The van der Waals surface area contributed by atoms with E-state index in [2.05, 4.69) is 9.97 Å². The van der Waals surface area contributed by atoms with Crippen molar-refractivity contribution in [3.05, 3.63) is 33.2 Å². The number of benzene rings is 1. The molecule has 4 N–H and O–H groups in total. The summed E-state index contributed by atoms with van der Waals surface area (Å²) in [4.78, 5) is 16.4. The number of halogens is 1. The van der Waals surface area contributed by atoms with E-state index >= 15 is 0 Å². The Balaban J connectivity index is 2.46. The molecule has 1 aromatic heterocycles. The fraction of sp³-hybridized carbons (Fsp3) is 0.300. The molecule has 1 aromatic carbocycles. The van der Waals surface area contributed by atoms with Crippen LogP contribution in [0.1, 0.15) is 12.0 Å². The van der Waals surface area contributed by atoms with Gasteiger partial charge in [0.2, 0.25) is 0 Å². The van der Waals surface area contributed by atoms with Gasteiger partial charge in [-0.15, -0.1) is 0 Å². The number of aromatic amines is 2. The molecule has 80 valence electrons. The lowest BCUT2D eigenvalue weighted by molar-refractivity contribution is 0.833. The molecule has 0 unspecified atom stereocenters. The van der Waals surface area contributed by atoms with Crippen LogP contribution in [0, 0.1) is 0 Å². The van der Waals surface area contributed by atoms with E-state index < -0.39 is 0 Å². The molecule has 4 nitrogen and oxygen atoms in total. The van der Waals surface area contributed by atoms with Crippen molar-refractivity contribution in [2.24, 2.45) is 5.73 Å². The van der Waals surface area contributed by atoms with Crippen LogP contribution in [0.3, 0.4) is 0 Å². The molecule has 0 radical (unpaired) electrons. The Hall–Kier alpha value is -1.26. The van der Waals surface area contributed by atoms with Crippen molar-refractivity contribution in [2.45, 2.75) is 12.8 Å². The molecule has 0 aliphatic rings. The van der Waals surface area contributed by atoms with E-state index in [1.54, 1.807) is 6.07 Å². The van der Waals surface area contributed by atoms with Gasteiger partial charge in [0, 0.05) is 5.02 Å². The van der Waals surface area contributed by atoms with Crippen LogP contribution in [0.4, 0.5) is 0 Å². The molecule has 0 aliphatic heterocycles. The molecule has 0 saturated heterocycles. The third-order valence-electron chi connectivity index (χ3n) is 2.33. The van der Waals surface area contributed by atoms with Crippen LogP contribution in [-0.2, 0) is 6.42 Å². The Bertz CT molecular complexity index is 529. The highest BCUT2D eigenvalue weighted by Gasteiger charge is 2.05. The highest BCUT2D eigenvalue weighted by Crippen LogP contribution is 2.22. The van der Waals surface area contributed by atoms with Crippen molar-refractivity contribution in [1.82, 2.24) is 9.97 Å². The highest BCUT2D eigenvalue weighted by atomic mass is 35.5. The van der Waals surface area contributed by atoms with Crippen molar-refractivity contribution in [1.29, 1.82) is 0 Å². The van der Waals surface area contributed by atoms with Crippen LogP contribution in [-0.4, -0.2) is 16.5 Å². The minimum absolute atomic E-state index is 0.211. The van der Waals surface area contributed by atoms with Gasteiger partial charge in [-0.05, 0) is 37.1 Å². The number of nitrogens with one attached hydrogen (secondary N) is 2. The standard InChI is InChI=1S/C10H12ClN3O/c11-7-5-9-8(13-10(15)14-9)4-6(7)2-1-3-12/h4-5H,1-3,12H2,(H2,13,14,15). The number of aromatic nitrogens is 2. The molecule has 0 bridgehead atoms. The number of fused-ring (bicyclic) bond motifs is 1. The average Bonchev–Trinajstić information content (AvgIpc) is 2.53. The second-order valence-electron chi connectivity index (χ2n) is 3.46. The Morgan fingerprint density at radius 3 is 2.60 bits per heavy atom. The zero-order valence-electron chi connectivity index (χ0n) is 8.14. The lowest BCUT2D eigenvalue weighted by atomic mass is 10.1. The lowest BCUT2D eigenvalue weighted by Crippen LogP contribution is -2.00. The number of aryl methyl sites for hydroxylation is 1. The summed E-state index contributed by atoms with van der Waals surface area (Å²) in [6.45, 7) is 0.637. The van der Waals surface area contributed by atoms with E-state index in [1.165, 1.54) is 0 Å². The summed E-state index contributed by atoms with van der Waals surface area (Å²) in [5.41, 5.74) is 7.77. The van der Waals surface area contributed by atoms with Crippen LogP contribution in [0.25, 0.3) is 11.0 Å². The Morgan fingerprint density at radius 2 is 1.93 bits per heavy atom. The summed E-state index contributed by atoms with van der Waals surface area (Å²) in [7, 11) is 0. The second kappa shape index (κ2) is 4.08. The summed E-state index contributed by atoms with van der Waals surface area (Å²) >= 11 is 6.07. The van der Waals surface area contributed by atoms with Crippen molar-refractivity contribution < 1.29 is 0 Å². The van der Waals surface area contributed by atoms with Crippen LogP contribution in [0.15, 0.2) is 16.9 Å². The van der Waals surface area contributed by atoms with Crippen molar-refractivity contribution in [2.75, 3.05) is 6.54 Å². The van der Waals surface area contributed by atoms with Crippen LogP contribution in [0.5, 0.6) is 0 Å². The number of imidazole rings is 1. The molecule has 0 aliphatic carbocycles. The summed E-state index contributed by atoms with van der Waals surface area (Å²) in [6.07, 6.45) is 1.72. The first kappa shape index (κ1) is 10.3. The molecule has 2 aromatic rings. The van der Waals surface area contributed by atoms with Gasteiger partial charge in [0.25, 0.3) is 0 Å². The molecule has 5 heteroatoms. The maximum atomic E-state index is 11.1. The number of hydrogen-bond acceptors (Lipinski definition) is 2. The zero-order chi connectivity index (χ0) is 10.8. The Labute approximate surface area is 91.4 Å². The van der Waals surface area contributed by atoms with Gasteiger partial charge in [0.15, 0.2) is 0 Å². The first-order valence-corrected chi connectivity index (χ1v) is 5.19. The minimum atomic E-state index is -0.211. The molecule has 0 amide bonds. The largest absolute Gasteiger partial charge is 0.330 e. The molecule has 1 heterocycles. The van der Waals surface area contributed by atoms with Gasteiger partial charge in [-0.2, -0.15) is 0 Å². The average molecular weight is 226 g/mol. The second-order valence-corrected chi connectivity index (χ2v) is 3.87. The first-order chi connectivity index (χ1) is 7.20. The smallest absolute Gasteiger partial charge is 0.323 e. The SMILES string of the molecule is NCCCc1cc2[nH]c(=O)[nH]c2cc1Cl.